The number of ether oxygens (including phenoxy) is 3. The number of anilines is 1. The van der Waals surface area contributed by atoms with E-state index in [-0.39, 0.29) is 45.4 Å². The van der Waals surface area contributed by atoms with Crippen molar-refractivity contribution in [2.24, 2.45) is 5.73 Å². The Morgan fingerprint density at radius 1 is 1.10 bits per heavy atom. The largest absolute Gasteiger partial charge is 0.456 e. The summed E-state index contributed by atoms with van der Waals surface area (Å²) >= 11 is 0. The van der Waals surface area contributed by atoms with E-state index in [1.54, 1.807) is 39.0 Å². The summed E-state index contributed by atoms with van der Waals surface area (Å²) in [6.07, 6.45) is -4.84. The second-order valence-electron chi connectivity index (χ2n) is 9.15. The Labute approximate surface area is 224 Å². The van der Waals surface area contributed by atoms with Crippen molar-refractivity contribution in [2.45, 2.75) is 32.5 Å². The second kappa shape index (κ2) is 10.4. The number of imidazole rings is 1. The number of H-pyrrole nitrogens is 1. The molecule has 0 aliphatic carbocycles. The van der Waals surface area contributed by atoms with Crippen molar-refractivity contribution in [1.29, 1.82) is 10.7 Å². The minimum atomic E-state index is -4.84. The number of halogens is 3. The number of guanidine groups is 1. The quantitative estimate of drug-likeness (QED) is 0.142. The van der Waals surface area contributed by atoms with Gasteiger partial charge >= 0.3 is 18.2 Å². The number of rotatable bonds is 6. The van der Waals surface area contributed by atoms with Crippen LogP contribution in [0.2, 0.25) is 0 Å². The van der Waals surface area contributed by atoms with E-state index in [1.807, 2.05) is 6.07 Å². The topological polar surface area (TPSA) is 185 Å². The van der Waals surface area contributed by atoms with Gasteiger partial charge in [-0.05, 0) is 51.1 Å². The smallest absolute Gasteiger partial charge is 0.449 e. The summed E-state index contributed by atoms with van der Waals surface area (Å²) in [5, 5.41) is 19.4. The van der Waals surface area contributed by atoms with Crippen molar-refractivity contribution < 1.29 is 32.2 Å². The number of aromatic nitrogens is 4. The highest BCUT2D eigenvalue weighted by Gasteiger charge is 2.36. The van der Waals surface area contributed by atoms with Gasteiger partial charge in [0.1, 0.15) is 17.4 Å². The van der Waals surface area contributed by atoms with Gasteiger partial charge in [0, 0.05) is 0 Å². The standard InChI is InChI=1S/C25H21F3N8O4/c1-24(2,3)40-20(37)14-10-13(9-8-12(14)11-29)38-19-17-18(34-21(33-17)25(26,27)28)35-23(36-19)39-16-7-5-4-6-15(16)32-22(30)31/h4-10H,1-3H3,(H4,30,31,32)(H,33,34,35,36). The zero-order valence-electron chi connectivity index (χ0n) is 21.2. The van der Waals surface area contributed by atoms with Gasteiger partial charge in [0.25, 0.3) is 5.88 Å². The van der Waals surface area contributed by atoms with Crippen LogP contribution in [0.25, 0.3) is 11.2 Å². The molecule has 2 heterocycles. The number of para-hydroxylation sites is 2. The molecular formula is C25H21F3N8O4. The fourth-order valence-corrected chi connectivity index (χ4v) is 3.31. The highest BCUT2D eigenvalue weighted by atomic mass is 19.4. The van der Waals surface area contributed by atoms with Crippen LogP contribution in [-0.2, 0) is 10.9 Å². The number of hydrogen-bond donors (Lipinski definition) is 4. The van der Waals surface area contributed by atoms with Crippen molar-refractivity contribution in [1.82, 2.24) is 19.9 Å². The normalized spacial score (nSPS) is 11.5. The second-order valence-corrected chi connectivity index (χ2v) is 9.15. The Morgan fingerprint density at radius 2 is 1.82 bits per heavy atom. The lowest BCUT2D eigenvalue weighted by Crippen LogP contribution is -2.24. The predicted octanol–water partition coefficient (Wildman–Crippen LogP) is 5.09. The zero-order chi connectivity index (χ0) is 29.2. The molecule has 15 heteroatoms. The Balaban J connectivity index is 1.79. The summed E-state index contributed by atoms with van der Waals surface area (Å²) in [4.78, 5) is 26.4. The van der Waals surface area contributed by atoms with E-state index in [0.29, 0.717) is 0 Å². The molecule has 206 valence electrons. The fourth-order valence-electron chi connectivity index (χ4n) is 3.31. The molecule has 0 bridgehead atoms. The number of aromatic amines is 1. The first-order valence-corrected chi connectivity index (χ1v) is 11.4. The number of fused-ring (bicyclic) bond motifs is 1. The number of nitrogens with two attached hydrogens (primary N) is 1. The van der Waals surface area contributed by atoms with Crippen LogP contribution in [-0.4, -0.2) is 37.5 Å². The molecule has 40 heavy (non-hydrogen) atoms. The van der Waals surface area contributed by atoms with Crippen LogP contribution in [0.1, 0.15) is 42.5 Å². The zero-order valence-corrected chi connectivity index (χ0v) is 21.2. The van der Waals surface area contributed by atoms with Crippen LogP contribution in [0.4, 0.5) is 18.9 Å². The molecule has 0 fully saturated rings. The lowest BCUT2D eigenvalue weighted by Gasteiger charge is -2.20. The molecule has 0 radical (unpaired) electrons. The number of carbonyl (C=O) groups excluding carboxylic acids is 1. The average Bonchev–Trinajstić information content (AvgIpc) is 3.29. The third kappa shape index (κ3) is 6.35. The fraction of sp³-hybridized carbons (Fsp3) is 0.200. The van der Waals surface area contributed by atoms with E-state index in [0.717, 1.165) is 0 Å². The van der Waals surface area contributed by atoms with Crippen LogP contribution in [0.15, 0.2) is 42.5 Å². The van der Waals surface area contributed by atoms with Crippen molar-refractivity contribution in [3.05, 3.63) is 59.4 Å². The first kappa shape index (κ1) is 27.6. The van der Waals surface area contributed by atoms with Crippen molar-refractivity contribution >= 4 is 28.8 Å². The van der Waals surface area contributed by atoms with Gasteiger partial charge in [0.15, 0.2) is 22.9 Å². The van der Waals surface area contributed by atoms with Crippen molar-refractivity contribution in [2.75, 3.05) is 5.32 Å². The molecule has 0 atom stereocenters. The van der Waals surface area contributed by atoms with Gasteiger partial charge < -0.3 is 30.2 Å². The molecule has 4 rings (SSSR count). The number of esters is 1. The van der Waals surface area contributed by atoms with Gasteiger partial charge in [0.05, 0.1) is 16.8 Å². The number of nitrogens with one attached hydrogen (secondary N) is 3. The van der Waals surface area contributed by atoms with Gasteiger partial charge in [-0.3, -0.25) is 5.41 Å². The Morgan fingerprint density at radius 3 is 2.48 bits per heavy atom. The number of benzene rings is 2. The summed E-state index contributed by atoms with van der Waals surface area (Å²) in [7, 11) is 0. The third-order valence-electron chi connectivity index (χ3n) is 4.86. The highest BCUT2D eigenvalue weighted by molar-refractivity contribution is 5.93. The monoisotopic (exact) mass is 554 g/mol. The summed E-state index contributed by atoms with van der Waals surface area (Å²) in [5.41, 5.74) is 3.93. The molecule has 5 N–H and O–H groups in total. The van der Waals surface area contributed by atoms with E-state index in [1.165, 1.54) is 24.3 Å². The molecule has 2 aromatic heterocycles. The molecule has 4 aromatic rings. The van der Waals surface area contributed by atoms with E-state index < -0.39 is 35.5 Å². The molecule has 12 nitrogen and oxygen atoms in total. The average molecular weight is 554 g/mol. The first-order valence-electron chi connectivity index (χ1n) is 11.4. The summed E-state index contributed by atoms with van der Waals surface area (Å²) in [6.45, 7) is 4.95. The van der Waals surface area contributed by atoms with Crippen LogP contribution >= 0.6 is 0 Å². The molecule has 0 amide bonds. The molecule has 0 aliphatic rings. The maximum absolute atomic E-state index is 13.4. The third-order valence-corrected chi connectivity index (χ3v) is 4.86. The van der Waals surface area contributed by atoms with Gasteiger partial charge in [-0.2, -0.15) is 28.4 Å². The van der Waals surface area contributed by atoms with Crippen LogP contribution in [0.5, 0.6) is 23.4 Å². The lowest BCUT2D eigenvalue weighted by molar-refractivity contribution is -0.144. The van der Waals surface area contributed by atoms with E-state index in [4.69, 9.17) is 25.4 Å². The van der Waals surface area contributed by atoms with Gasteiger partial charge in [-0.15, -0.1) is 0 Å². The number of nitriles is 1. The summed E-state index contributed by atoms with van der Waals surface area (Å²) < 4.78 is 57.1. The minimum Gasteiger partial charge on any atom is -0.456 e. The number of carbonyl (C=O) groups is 1. The maximum atomic E-state index is 13.4. The number of nitrogens with zero attached hydrogens (tertiary/aromatic N) is 4. The number of hydrogen-bond acceptors (Lipinski definition) is 9. The molecular weight excluding hydrogens is 533 g/mol. The first-order chi connectivity index (χ1) is 18.7. The van der Waals surface area contributed by atoms with Crippen LogP contribution in [0.3, 0.4) is 0 Å². The van der Waals surface area contributed by atoms with Gasteiger partial charge in [-0.1, -0.05) is 12.1 Å². The number of alkyl halides is 3. The van der Waals surface area contributed by atoms with Crippen molar-refractivity contribution in [3.8, 4) is 29.5 Å². The molecule has 0 aliphatic heterocycles. The molecule has 0 spiro atoms. The summed E-state index contributed by atoms with van der Waals surface area (Å²) in [6, 6.07) is 11.5. The Bertz CT molecular complexity index is 1650. The molecule has 0 unspecified atom stereocenters. The Kier molecular flexibility index (Phi) is 7.19. The minimum absolute atomic E-state index is 0.00726. The maximum Gasteiger partial charge on any atom is 0.449 e. The highest BCUT2D eigenvalue weighted by Crippen LogP contribution is 2.35. The SMILES string of the molecule is CC(C)(C)OC(=O)c1cc(Oc2nc(Oc3ccccc3NC(=N)N)nc3[nH]c(C(F)(F)F)nc23)ccc1C#N. The van der Waals surface area contributed by atoms with E-state index >= 15 is 0 Å². The summed E-state index contributed by atoms with van der Waals surface area (Å²) in [5.74, 6) is -2.94. The lowest BCUT2D eigenvalue weighted by atomic mass is 10.1. The molecule has 0 saturated carbocycles. The van der Waals surface area contributed by atoms with Gasteiger partial charge in [0.2, 0.25) is 5.82 Å². The molecule has 2 aromatic carbocycles. The van der Waals surface area contributed by atoms with E-state index in [9.17, 15) is 23.2 Å². The van der Waals surface area contributed by atoms with Crippen molar-refractivity contribution in [3.63, 3.8) is 0 Å². The van der Waals surface area contributed by atoms with Gasteiger partial charge in [-0.25, -0.2) is 9.78 Å². The molecule has 0 saturated heterocycles. The predicted molar refractivity (Wildman–Crippen MR) is 135 cm³/mol. The Hall–Kier alpha value is -5.39. The van der Waals surface area contributed by atoms with E-state index in [2.05, 4.69) is 25.3 Å². The van der Waals surface area contributed by atoms with Crippen LogP contribution < -0.4 is 20.5 Å². The van der Waals surface area contributed by atoms with Crippen LogP contribution in [0, 0.1) is 16.7 Å².